The molecule has 0 atom stereocenters. The van der Waals surface area contributed by atoms with Crippen molar-refractivity contribution < 1.29 is 13.9 Å². The summed E-state index contributed by atoms with van der Waals surface area (Å²) < 4.78 is 18.9. The van der Waals surface area contributed by atoms with Crippen LogP contribution in [0.15, 0.2) is 12.1 Å². The molecule has 1 aromatic heterocycles. The fourth-order valence-corrected chi connectivity index (χ4v) is 2.60. The van der Waals surface area contributed by atoms with E-state index in [1.54, 1.807) is 6.92 Å². The number of hydrogen-bond donors (Lipinski definition) is 1. The maximum Gasteiger partial charge on any atom is 0.341 e. The van der Waals surface area contributed by atoms with Crippen molar-refractivity contribution in [3.05, 3.63) is 44.7 Å². The Morgan fingerprint density at radius 2 is 2.10 bits per heavy atom. The van der Waals surface area contributed by atoms with Crippen LogP contribution in [0.3, 0.4) is 0 Å². The number of ether oxygens (including phenoxy) is 1. The average Bonchev–Trinajstić information content (AvgIpc) is 2.70. The van der Waals surface area contributed by atoms with E-state index in [1.165, 1.54) is 23.5 Å². The Labute approximate surface area is 120 Å². The lowest BCUT2D eigenvalue weighted by molar-refractivity contribution is 0.0466. The molecule has 0 amide bonds. The average molecular weight is 294 g/mol. The number of carbonyl (C=O) groups is 1. The number of aryl methyl sites for hydroxylation is 3. The van der Waals surface area contributed by atoms with Crippen LogP contribution in [0, 0.1) is 26.6 Å². The van der Waals surface area contributed by atoms with Gasteiger partial charge in [0.1, 0.15) is 17.4 Å². The minimum Gasteiger partial charge on any atom is -0.455 e. The van der Waals surface area contributed by atoms with Gasteiger partial charge in [0.25, 0.3) is 0 Å². The zero-order valence-corrected chi connectivity index (χ0v) is 12.3. The molecule has 0 aliphatic heterocycles. The Balaban J connectivity index is 2.13. The smallest absolute Gasteiger partial charge is 0.341 e. The molecule has 6 heteroatoms. The number of anilines is 1. The first kappa shape index (κ1) is 14.5. The van der Waals surface area contributed by atoms with E-state index in [2.05, 4.69) is 4.98 Å². The number of nitrogen functional groups attached to an aromatic ring is 1. The first-order valence-corrected chi connectivity index (χ1v) is 6.85. The summed E-state index contributed by atoms with van der Waals surface area (Å²) in [4.78, 5) is 17.2. The summed E-state index contributed by atoms with van der Waals surface area (Å²) in [6.07, 6.45) is 0. The Hall–Kier alpha value is -1.95. The van der Waals surface area contributed by atoms with E-state index in [9.17, 15) is 9.18 Å². The van der Waals surface area contributed by atoms with Gasteiger partial charge in [0.05, 0.1) is 11.3 Å². The third kappa shape index (κ3) is 2.96. The predicted molar refractivity (Wildman–Crippen MR) is 76.3 cm³/mol. The molecule has 0 aliphatic rings. The molecule has 106 valence electrons. The first-order chi connectivity index (χ1) is 9.38. The Bertz CT molecular complexity index is 648. The minimum atomic E-state index is -0.733. The highest BCUT2D eigenvalue weighted by Gasteiger charge is 2.17. The number of halogens is 1. The standard InChI is InChI=1S/C14H15FN2O2S/c1-7-4-10(16)5-11(13(7)15)14(18)19-6-12-17-8(2)9(3)20-12/h4-5H,6,16H2,1-3H3. The van der Waals surface area contributed by atoms with E-state index in [-0.39, 0.29) is 12.2 Å². The summed E-state index contributed by atoms with van der Waals surface area (Å²) in [6, 6.07) is 2.75. The molecule has 0 radical (unpaired) electrons. The maximum atomic E-state index is 13.9. The third-order valence-electron chi connectivity index (χ3n) is 2.90. The van der Waals surface area contributed by atoms with Gasteiger partial charge in [0, 0.05) is 10.6 Å². The molecule has 0 unspecified atom stereocenters. The second-order valence-corrected chi connectivity index (χ2v) is 5.81. The molecule has 0 bridgehead atoms. The normalized spacial score (nSPS) is 10.6. The van der Waals surface area contributed by atoms with Gasteiger partial charge in [-0.25, -0.2) is 14.2 Å². The fraction of sp³-hybridized carbons (Fsp3) is 0.286. The SMILES string of the molecule is Cc1cc(N)cc(C(=O)OCc2nc(C)c(C)s2)c1F. The lowest BCUT2D eigenvalue weighted by Gasteiger charge is -2.07. The Morgan fingerprint density at radius 3 is 2.70 bits per heavy atom. The van der Waals surface area contributed by atoms with Crippen LogP contribution >= 0.6 is 11.3 Å². The van der Waals surface area contributed by atoms with Gasteiger partial charge in [-0.05, 0) is 38.5 Å². The summed E-state index contributed by atoms with van der Waals surface area (Å²) in [5.41, 5.74) is 7.02. The van der Waals surface area contributed by atoms with Gasteiger partial charge >= 0.3 is 5.97 Å². The van der Waals surface area contributed by atoms with Gasteiger partial charge < -0.3 is 10.5 Å². The Morgan fingerprint density at radius 1 is 1.40 bits per heavy atom. The van der Waals surface area contributed by atoms with Gasteiger partial charge in [-0.2, -0.15) is 0 Å². The quantitative estimate of drug-likeness (QED) is 0.697. The molecule has 0 aliphatic carbocycles. The summed E-state index contributed by atoms with van der Waals surface area (Å²) in [5, 5.41) is 0.689. The van der Waals surface area contributed by atoms with E-state index in [1.807, 2.05) is 13.8 Å². The summed E-state index contributed by atoms with van der Waals surface area (Å²) in [7, 11) is 0. The van der Waals surface area contributed by atoms with Crippen LogP contribution < -0.4 is 5.73 Å². The van der Waals surface area contributed by atoms with Crippen LogP contribution in [-0.4, -0.2) is 11.0 Å². The van der Waals surface area contributed by atoms with Crippen LogP contribution in [0.25, 0.3) is 0 Å². The largest absolute Gasteiger partial charge is 0.455 e. The van der Waals surface area contributed by atoms with Gasteiger partial charge in [-0.3, -0.25) is 0 Å². The summed E-state index contributed by atoms with van der Waals surface area (Å²) >= 11 is 1.46. The number of carbonyl (C=O) groups excluding carboxylic acids is 1. The van der Waals surface area contributed by atoms with E-state index in [0.29, 0.717) is 16.3 Å². The molecule has 0 spiro atoms. The van der Waals surface area contributed by atoms with E-state index >= 15 is 0 Å². The van der Waals surface area contributed by atoms with E-state index < -0.39 is 11.8 Å². The molecule has 2 rings (SSSR count). The molecule has 1 aromatic carbocycles. The summed E-state index contributed by atoms with van der Waals surface area (Å²) in [5.74, 6) is -1.33. The van der Waals surface area contributed by atoms with Crippen molar-refractivity contribution in [3.8, 4) is 0 Å². The van der Waals surface area contributed by atoms with Crippen molar-refractivity contribution in [2.45, 2.75) is 27.4 Å². The topological polar surface area (TPSA) is 65.2 Å². The number of aromatic nitrogens is 1. The minimum absolute atomic E-state index is 0.0332. The number of rotatable bonds is 3. The van der Waals surface area contributed by atoms with Crippen molar-refractivity contribution in [1.82, 2.24) is 4.98 Å². The van der Waals surface area contributed by atoms with Crippen LogP contribution in [-0.2, 0) is 11.3 Å². The highest BCUT2D eigenvalue weighted by atomic mass is 32.1. The van der Waals surface area contributed by atoms with Gasteiger partial charge in [0.15, 0.2) is 0 Å². The van der Waals surface area contributed by atoms with Crippen molar-refractivity contribution in [2.75, 3.05) is 5.73 Å². The first-order valence-electron chi connectivity index (χ1n) is 6.04. The second-order valence-electron chi connectivity index (χ2n) is 4.52. The number of benzene rings is 1. The van der Waals surface area contributed by atoms with E-state index in [4.69, 9.17) is 10.5 Å². The molecule has 1 heterocycles. The van der Waals surface area contributed by atoms with Crippen molar-refractivity contribution in [3.63, 3.8) is 0 Å². The summed E-state index contributed by atoms with van der Waals surface area (Å²) in [6.45, 7) is 5.42. The number of esters is 1. The predicted octanol–water partition coefficient (Wildman–Crippen LogP) is 3.15. The zero-order chi connectivity index (χ0) is 14.9. The highest BCUT2D eigenvalue weighted by Crippen LogP contribution is 2.20. The van der Waals surface area contributed by atoms with Crippen molar-refractivity contribution >= 4 is 23.0 Å². The lowest BCUT2D eigenvalue weighted by atomic mass is 10.1. The van der Waals surface area contributed by atoms with Crippen LogP contribution in [0.5, 0.6) is 0 Å². The van der Waals surface area contributed by atoms with Crippen LogP contribution in [0.1, 0.15) is 31.5 Å². The van der Waals surface area contributed by atoms with Crippen molar-refractivity contribution in [1.29, 1.82) is 0 Å². The highest BCUT2D eigenvalue weighted by molar-refractivity contribution is 7.11. The molecule has 0 saturated carbocycles. The van der Waals surface area contributed by atoms with Gasteiger partial charge in [-0.1, -0.05) is 0 Å². The fourth-order valence-electron chi connectivity index (χ4n) is 1.75. The molecule has 0 fully saturated rings. The number of nitrogens with zero attached hydrogens (tertiary/aromatic N) is 1. The molecular formula is C14H15FN2O2S. The zero-order valence-electron chi connectivity index (χ0n) is 11.5. The Kier molecular flexibility index (Phi) is 4.04. The molecule has 2 N–H and O–H groups in total. The van der Waals surface area contributed by atoms with Crippen LogP contribution in [0.2, 0.25) is 0 Å². The third-order valence-corrected chi connectivity index (χ3v) is 3.94. The maximum absolute atomic E-state index is 13.9. The number of thiazole rings is 1. The van der Waals surface area contributed by atoms with Crippen LogP contribution in [0.4, 0.5) is 10.1 Å². The monoisotopic (exact) mass is 294 g/mol. The van der Waals surface area contributed by atoms with Gasteiger partial charge in [0.2, 0.25) is 0 Å². The van der Waals surface area contributed by atoms with Crippen molar-refractivity contribution in [2.24, 2.45) is 0 Å². The molecule has 2 aromatic rings. The number of hydrogen-bond acceptors (Lipinski definition) is 5. The molecular weight excluding hydrogens is 279 g/mol. The lowest BCUT2D eigenvalue weighted by Crippen LogP contribution is -2.09. The molecule has 20 heavy (non-hydrogen) atoms. The molecule has 0 saturated heterocycles. The van der Waals surface area contributed by atoms with E-state index in [0.717, 1.165) is 10.6 Å². The van der Waals surface area contributed by atoms with Gasteiger partial charge in [-0.15, -0.1) is 11.3 Å². The second kappa shape index (κ2) is 5.58. The number of nitrogens with two attached hydrogens (primary N) is 1. The molecule has 4 nitrogen and oxygen atoms in total.